The largest absolute Gasteiger partial charge is 0.411 e. The lowest BCUT2D eigenvalue weighted by Crippen LogP contribution is -2.02. The van der Waals surface area contributed by atoms with Gasteiger partial charge in [-0.25, -0.2) is 4.68 Å². The Morgan fingerprint density at radius 1 is 1.04 bits per heavy atom. The first kappa shape index (κ1) is 18.0. The quantitative estimate of drug-likeness (QED) is 0.462. The minimum atomic E-state index is 0.459. The predicted molar refractivity (Wildman–Crippen MR) is 107 cm³/mol. The molecule has 0 aliphatic heterocycles. The Morgan fingerprint density at radius 3 is 2.54 bits per heavy atom. The first-order chi connectivity index (χ1) is 13.7. The average molecular weight is 387 g/mol. The van der Waals surface area contributed by atoms with E-state index in [0.29, 0.717) is 28.1 Å². The highest BCUT2D eigenvalue weighted by atomic mass is 32.2. The van der Waals surface area contributed by atoms with Crippen LogP contribution in [0.5, 0.6) is 0 Å². The minimum absolute atomic E-state index is 0.459. The molecule has 0 radical (unpaired) electrons. The number of hydrogen-bond donors (Lipinski definition) is 0. The molecule has 0 amide bonds. The van der Waals surface area contributed by atoms with E-state index in [1.807, 2.05) is 68.4 Å². The molecule has 0 bridgehead atoms. The number of thioether (sulfide) groups is 1. The van der Waals surface area contributed by atoms with Crippen LogP contribution in [0.4, 0.5) is 0 Å². The molecule has 4 aromatic rings. The van der Waals surface area contributed by atoms with Gasteiger partial charge in [-0.2, -0.15) is 10.4 Å². The first-order valence-electron chi connectivity index (χ1n) is 8.73. The fourth-order valence-electron chi connectivity index (χ4n) is 2.96. The van der Waals surface area contributed by atoms with Crippen LogP contribution < -0.4 is 0 Å². The summed E-state index contributed by atoms with van der Waals surface area (Å²) in [5.41, 5.74) is 5.00. The molecular formula is C21H17N5OS. The number of benzene rings is 2. The molecule has 4 rings (SSSR count). The summed E-state index contributed by atoms with van der Waals surface area (Å²) in [6.45, 7) is 3.85. The molecule has 0 N–H and O–H groups in total. The number of nitrogens with zero attached hydrogens (tertiary/aromatic N) is 5. The summed E-state index contributed by atoms with van der Waals surface area (Å²) in [5, 5.41) is 22.9. The molecule has 0 aliphatic rings. The van der Waals surface area contributed by atoms with Crippen molar-refractivity contribution in [3.63, 3.8) is 0 Å². The van der Waals surface area contributed by atoms with E-state index in [2.05, 4.69) is 21.4 Å². The number of para-hydroxylation sites is 1. The van der Waals surface area contributed by atoms with Gasteiger partial charge in [0.15, 0.2) is 0 Å². The fourth-order valence-corrected chi connectivity index (χ4v) is 3.72. The molecule has 0 unspecified atom stereocenters. The van der Waals surface area contributed by atoms with Gasteiger partial charge in [0.2, 0.25) is 5.89 Å². The Morgan fingerprint density at radius 2 is 1.79 bits per heavy atom. The second-order valence-electron chi connectivity index (χ2n) is 6.24. The van der Waals surface area contributed by atoms with Crippen molar-refractivity contribution < 1.29 is 4.42 Å². The molecule has 0 spiro atoms. The molecule has 0 saturated heterocycles. The van der Waals surface area contributed by atoms with E-state index in [-0.39, 0.29) is 0 Å². The highest BCUT2D eigenvalue weighted by Crippen LogP contribution is 2.29. The molecule has 2 heterocycles. The van der Waals surface area contributed by atoms with Crippen LogP contribution in [0.2, 0.25) is 0 Å². The Kier molecular flexibility index (Phi) is 4.96. The van der Waals surface area contributed by atoms with Crippen LogP contribution >= 0.6 is 11.8 Å². The second kappa shape index (κ2) is 7.71. The lowest BCUT2D eigenvalue weighted by atomic mass is 10.1. The second-order valence-corrected chi connectivity index (χ2v) is 7.17. The van der Waals surface area contributed by atoms with Gasteiger partial charge in [-0.1, -0.05) is 48.2 Å². The Hall–Kier alpha value is -3.37. The van der Waals surface area contributed by atoms with Gasteiger partial charge in [0, 0.05) is 11.3 Å². The molecule has 7 heteroatoms. The number of aryl methyl sites for hydroxylation is 2. The van der Waals surface area contributed by atoms with Crippen LogP contribution in [0.3, 0.4) is 0 Å². The third-order valence-electron chi connectivity index (χ3n) is 4.38. The SMILES string of the molecule is Cc1ccccc1-c1nnc(SCc2c(C#N)c(C)nn2-c2ccccc2)o1. The van der Waals surface area contributed by atoms with Crippen molar-refractivity contribution in [1.82, 2.24) is 20.0 Å². The van der Waals surface area contributed by atoms with Crippen LogP contribution in [0.15, 0.2) is 64.2 Å². The fraction of sp³-hybridized carbons (Fsp3) is 0.143. The van der Waals surface area contributed by atoms with Gasteiger partial charge < -0.3 is 4.42 Å². The van der Waals surface area contributed by atoms with Crippen molar-refractivity contribution in [1.29, 1.82) is 5.26 Å². The van der Waals surface area contributed by atoms with Crippen molar-refractivity contribution in [3.8, 4) is 23.2 Å². The van der Waals surface area contributed by atoms with Crippen LogP contribution in [-0.2, 0) is 5.75 Å². The molecule has 0 saturated carbocycles. The Balaban J connectivity index is 1.61. The van der Waals surface area contributed by atoms with E-state index < -0.39 is 0 Å². The monoisotopic (exact) mass is 387 g/mol. The van der Waals surface area contributed by atoms with Crippen LogP contribution in [0.1, 0.15) is 22.5 Å². The first-order valence-corrected chi connectivity index (χ1v) is 9.72. The molecule has 6 nitrogen and oxygen atoms in total. The Bertz CT molecular complexity index is 1160. The van der Waals surface area contributed by atoms with Crippen LogP contribution in [0.25, 0.3) is 17.1 Å². The zero-order chi connectivity index (χ0) is 19.5. The normalized spacial score (nSPS) is 10.8. The van der Waals surface area contributed by atoms with Crippen LogP contribution in [0, 0.1) is 25.2 Å². The smallest absolute Gasteiger partial charge is 0.277 e. The van der Waals surface area contributed by atoms with Crippen molar-refractivity contribution in [2.75, 3.05) is 0 Å². The van der Waals surface area contributed by atoms with Crippen molar-refractivity contribution in [3.05, 3.63) is 77.1 Å². The van der Waals surface area contributed by atoms with Crippen molar-refractivity contribution in [2.45, 2.75) is 24.8 Å². The zero-order valence-corrected chi connectivity index (χ0v) is 16.3. The van der Waals surface area contributed by atoms with E-state index >= 15 is 0 Å². The zero-order valence-electron chi connectivity index (χ0n) is 15.5. The lowest BCUT2D eigenvalue weighted by molar-refractivity contribution is 0.465. The summed E-state index contributed by atoms with van der Waals surface area (Å²) in [7, 11) is 0. The summed E-state index contributed by atoms with van der Waals surface area (Å²) < 4.78 is 7.63. The van der Waals surface area contributed by atoms with E-state index in [1.165, 1.54) is 11.8 Å². The topological polar surface area (TPSA) is 80.5 Å². The Labute approximate surface area is 166 Å². The molecule has 0 fully saturated rings. The third-order valence-corrected chi connectivity index (χ3v) is 5.21. The van der Waals surface area contributed by atoms with E-state index in [0.717, 1.165) is 22.5 Å². The van der Waals surface area contributed by atoms with Gasteiger partial charge in [-0.15, -0.1) is 10.2 Å². The molecule has 28 heavy (non-hydrogen) atoms. The molecule has 138 valence electrons. The minimum Gasteiger partial charge on any atom is -0.411 e. The summed E-state index contributed by atoms with van der Waals surface area (Å²) in [6.07, 6.45) is 0. The number of nitriles is 1. The van der Waals surface area contributed by atoms with Gasteiger partial charge in [-0.3, -0.25) is 0 Å². The lowest BCUT2D eigenvalue weighted by Gasteiger charge is -2.06. The van der Waals surface area contributed by atoms with Gasteiger partial charge in [-0.05, 0) is 37.6 Å². The summed E-state index contributed by atoms with van der Waals surface area (Å²) in [4.78, 5) is 0. The average Bonchev–Trinajstić information content (AvgIpc) is 3.31. The van der Waals surface area contributed by atoms with E-state index in [1.54, 1.807) is 4.68 Å². The van der Waals surface area contributed by atoms with Gasteiger partial charge in [0.1, 0.15) is 6.07 Å². The summed E-state index contributed by atoms with van der Waals surface area (Å²) in [6, 6.07) is 19.9. The molecular weight excluding hydrogens is 370 g/mol. The highest BCUT2D eigenvalue weighted by molar-refractivity contribution is 7.98. The van der Waals surface area contributed by atoms with Crippen LogP contribution in [-0.4, -0.2) is 20.0 Å². The van der Waals surface area contributed by atoms with Gasteiger partial charge in [0.05, 0.1) is 22.6 Å². The van der Waals surface area contributed by atoms with E-state index in [4.69, 9.17) is 4.42 Å². The summed E-state index contributed by atoms with van der Waals surface area (Å²) in [5.74, 6) is 0.988. The molecule has 2 aromatic carbocycles. The number of aromatic nitrogens is 4. The van der Waals surface area contributed by atoms with Crippen molar-refractivity contribution >= 4 is 11.8 Å². The maximum Gasteiger partial charge on any atom is 0.277 e. The third kappa shape index (κ3) is 3.42. The van der Waals surface area contributed by atoms with E-state index in [9.17, 15) is 5.26 Å². The standard InChI is InChI=1S/C21H17N5OS/c1-14-8-6-7-11-17(14)20-23-24-21(27-20)28-13-19-18(12-22)15(2)25-26(19)16-9-4-3-5-10-16/h3-11H,13H2,1-2H3. The molecule has 0 aliphatic carbocycles. The number of rotatable bonds is 5. The highest BCUT2D eigenvalue weighted by Gasteiger charge is 2.18. The van der Waals surface area contributed by atoms with Gasteiger partial charge in [0.25, 0.3) is 5.22 Å². The van der Waals surface area contributed by atoms with Crippen molar-refractivity contribution in [2.24, 2.45) is 0 Å². The maximum absolute atomic E-state index is 9.58. The van der Waals surface area contributed by atoms with Gasteiger partial charge >= 0.3 is 0 Å². The molecule has 2 aromatic heterocycles. The maximum atomic E-state index is 9.58. The predicted octanol–water partition coefficient (Wildman–Crippen LogP) is 4.70. The summed E-state index contributed by atoms with van der Waals surface area (Å²) >= 11 is 1.39. The molecule has 0 atom stereocenters. The number of hydrogen-bond acceptors (Lipinski definition) is 6.